The Hall–Kier alpha value is -0.930. The van der Waals surface area contributed by atoms with Gasteiger partial charge in [0.2, 0.25) is 0 Å². The van der Waals surface area contributed by atoms with Gasteiger partial charge in [-0.3, -0.25) is 9.89 Å². The topological polar surface area (TPSA) is 18.8 Å². The van der Waals surface area contributed by atoms with Crippen LogP contribution in [0, 0.1) is 5.41 Å². The zero-order valence-corrected chi connectivity index (χ0v) is 14.1. The van der Waals surface area contributed by atoms with Crippen molar-refractivity contribution < 1.29 is 0 Å². The van der Waals surface area contributed by atoms with E-state index in [1.165, 1.54) is 5.57 Å². The summed E-state index contributed by atoms with van der Waals surface area (Å²) in [6.07, 6.45) is 6.33. The van der Waals surface area contributed by atoms with Crippen LogP contribution in [0.4, 0.5) is 0 Å². The molecule has 1 heterocycles. The predicted molar refractivity (Wildman–Crippen MR) is 89.4 cm³/mol. The molecule has 0 N–H and O–H groups in total. The molecule has 3 heteroatoms. The van der Waals surface area contributed by atoms with Crippen LogP contribution in [0.25, 0.3) is 0 Å². The van der Waals surface area contributed by atoms with Crippen LogP contribution in [0.5, 0.6) is 0 Å². The van der Waals surface area contributed by atoms with E-state index in [0.717, 1.165) is 38.4 Å². The first kappa shape index (κ1) is 17.1. The number of rotatable bonds is 4. The molecular formula is C17H31N3. The first-order valence-corrected chi connectivity index (χ1v) is 7.63. The van der Waals surface area contributed by atoms with Gasteiger partial charge < -0.3 is 4.90 Å². The quantitative estimate of drug-likeness (QED) is 0.735. The molecule has 0 spiro atoms. The summed E-state index contributed by atoms with van der Waals surface area (Å²) < 4.78 is 0. The smallest absolute Gasteiger partial charge is 0.0414 e. The number of hydrogen-bond donors (Lipinski definition) is 0. The lowest BCUT2D eigenvalue weighted by Crippen LogP contribution is -2.45. The maximum absolute atomic E-state index is 4.70. The summed E-state index contributed by atoms with van der Waals surface area (Å²) in [4.78, 5) is 9.59. The number of hydrogen-bond acceptors (Lipinski definition) is 3. The standard InChI is InChI=1S/C17H31N3/c1-7-15(13-18-16(8-2)17(3,4)5)14-20-11-9-19(6)10-12-20/h7-8,13H,9-12,14H2,1-6H3/b15-7+,16-8-,18-13-. The van der Waals surface area contributed by atoms with Crippen molar-refractivity contribution in [2.75, 3.05) is 39.8 Å². The molecule has 0 aliphatic carbocycles. The Morgan fingerprint density at radius 1 is 1.05 bits per heavy atom. The van der Waals surface area contributed by atoms with Crippen molar-refractivity contribution in [3.8, 4) is 0 Å². The minimum absolute atomic E-state index is 0.109. The number of piperazine rings is 1. The first-order chi connectivity index (χ1) is 9.36. The Kier molecular flexibility index (Phi) is 6.63. The third kappa shape index (κ3) is 5.59. The highest BCUT2D eigenvalue weighted by molar-refractivity contribution is 5.79. The molecule has 20 heavy (non-hydrogen) atoms. The summed E-state index contributed by atoms with van der Waals surface area (Å²) in [6.45, 7) is 16.4. The minimum atomic E-state index is 0.109. The molecule has 0 unspecified atom stereocenters. The van der Waals surface area contributed by atoms with Crippen molar-refractivity contribution in [2.24, 2.45) is 10.4 Å². The van der Waals surface area contributed by atoms with Crippen molar-refractivity contribution in [3.05, 3.63) is 23.4 Å². The third-order valence-electron chi connectivity index (χ3n) is 3.78. The molecule has 1 rings (SSSR count). The normalized spacial score (nSPS) is 20.9. The second kappa shape index (κ2) is 7.75. The van der Waals surface area contributed by atoms with E-state index < -0.39 is 0 Å². The highest BCUT2D eigenvalue weighted by Crippen LogP contribution is 2.25. The van der Waals surface area contributed by atoms with Crippen molar-refractivity contribution in [1.29, 1.82) is 0 Å². The Labute approximate surface area is 125 Å². The maximum Gasteiger partial charge on any atom is 0.0414 e. The lowest BCUT2D eigenvalue weighted by molar-refractivity contribution is 0.165. The van der Waals surface area contributed by atoms with Gasteiger partial charge in [0.1, 0.15) is 0 Å². The van der Waals surface area contributed by atoms with Crippen molar-refractivity contribution in [2.45, 2.75) is 34.6 Å². The van der Waals surface area contributed by atoms with Gasteiger partial charge in [-0.25, -0.2) is 0 Å². The third-order valence-corrected chi connectivity index (χ3v) is 3.78. The van der Waals surface area contributed by atoms with E-state index in [4.69, 9.17) is 4.99 Å². The SMILES string of the molecule is C\C=C(/C=N\C(=C/C)C(C)(C)C)CN1CCN(C)CC1. The van der Waals surface area contributed by atoms with E-state index in [9.17, 15) is 0 Å². The number of nitrogens with zero attached hydrogens (tertiary/aromatic N) is 3. The van der Waals surface area contributed by atoms with Crippen LogP contribution in [-0.4, -0.2) is 55.8 Å². The predicted octanol–water partition coefficient (Wildman–Crippen LogP) is 3.20. The summed E-state index contributed by atoms with van der Waals surface area (Å²) in [6, 6.07) is 0. The van der Waals surface area contributed by atoms with E-state index in [-0.39, 0.29) is 5.41 Å². The second-order valence-corrected chi connectivity index (χ2v) is 6.63. The fourth-order valence-electron chi connectivity index (χ4n) is 2.32. The van der Waals surface area contributed by atoms with Crippen molar-refractivity contribution >= 4 is 6.21 Å². The Bertz CT molecular complexity index is 378. The highest BCUT2D eigenvalue weighted by Gasteiger charge is 2.16. The molecule has 0 aromatic heterocycles. The molecule has 1 aliphatic heterocycles. The molecule has 0 aromatic rings. The Morgan fingerprint density at radius 3 is 2.10 bits per heavy atom. The molecule has 0 radical (unpaired) electrons. The van der Waals surface area contributed by atoms with Crippen LogP contribution in [0.3, 0.4) is 0 Å². The minimum Gasteiger partial charge on any atom is -0.304 e. The Balaban J connectivity index is 2.60. The maximum atomic E-state index is 4.70. The van der Waals surface area contributed by atoms with Gasteiger partial charge in [0.05, 0.1) is 0 Å². The van der Waals surface area contributed by atoms with Gasteiger partial charge in [0.25, 0.3) is 0 Å². The highest BCUT2D eigenvalue weighted by atomic mass is 15.2. The zero-order valence-electron chi connectivity index (χ0n) is 14.1. The van der Waals surface area contributed by atoms with Gasteiger partial charge in [0, 0.05) is 50.1 Å². The van der Waals surface area contributed by atoms with Gasteiger partial charge in [-0.05, 0) is 26.5 Å². The van der Waals surface area contributed by atoms with Gasteiger partial charge in [-0.1, -0.05) is 32.9 Å². The lowest BCUT2D eigenvalue weighted by Gasteiger charge is -2.32. The van der Waals surface area contributed by atoms with Crippen molar-refractivity contribution in [3.63, 3.8) is 0 Å². The van der Waals surface area contributed by atoms with Crippen LogP contribution in [-0.2, 0) is 0 Å². The Morgan fingerprint density at radius 2 is 1.65 bits per heavy atom. The van der Waals surface area contributed by atoms with Crippen LogP contribution in [0.1, 0.15) is 34.6 Å². The van der Waals surface area contributed by atoms with E-state index in [1.807, 2.05) is 6.21 Å². The molecular weight excluding hydrogens is 246 g/mol. The summed E-state index contributed by atoms with van der Waals surface area (Å²) >= 11 is 0. The average molecular weight is 277 g/mol. The van der Waals surface area contributed by atoms with E-state index in [2.05, 4.69) is 63.6 Å². The fraction of sp³-hybridized carbons (Fsp3) is 0.706. The number of aliphatic imine (C=N–C) groups is 1. The van der Waals surface area contributed by atoms with E-state index in [0.29, 0.717) is 0 Å². The number of likely N-dealkylation sites (N-methyl/N-ethyl adjacent to an activating group) is 1. The molecule has 0 amide bonds. The summed E-state index contributed by atoms with van der Waals surface area (Å²) in [5, 5.41) is 0. The van der Waals surface area contributed by atoms with E-state index >= 15 is 0 Å². The largest absolute Gasteiger partial charge is 0.304 e. The van der Waals surface area contributed by atoms with E-state index in [1.54, 1.807) is 0 Å². The van der Waals surface area contributed by atoms with Crippen LogP contribution in [0.15, 0.2) is 28.4 Å². The molecule has 1 saturated heterocycles. The summed E-state index contributed by atoms with van der Waals surface area (Å²) in [7, 11) is 2.19. The van der Waals surface area contributed by atoms with Crippen LogP contribution >= 0.6 is 0 Å². The first-order valence-electron chi connectivity index (χ1n) is 7.63. The van der Waals surface area contributed by atoms with Gasteiger partial charge >= 0.3 is 0 Å². The lowest BCUT2D eigenvalue weighted by atomic mass is 9.92. The molecule has 0 saturated carbocycles. The second-order valence-electron chi connectivity index (χ2n) is 6.63. The monoisotopic (exact) mass is 277 g/mol. The molecule has 3 nitrogen and oxygen atoms in total. The summed E-state index contributed by atoms with van der Waals surface area (Å²) in [5.74, 6) is 0. The van der Waals surface area contributed by atoms with Crippen molar-refractivity contribution in [1.82, 2.24) is 9.80 Å². The zero-order chi connectivity index (χ0) is 15.2. The number of allylic oxidation sites excluding steroid dienone is 3. The van der Waals surface area contributed by atoms with Gasteiger partial charge in [0.15, 0.2) is 0 Å². The van der Waals surface area contributed by atoms with Crippen LogP contribution in [0.2, 0.25) is 0 Å². The van der Waals surface area contributed by atoms with Crippen LogP contribution < -0.4 is 0 Å². The molecule has 0 atom stereocenters. The summed E-state index contributed by atoms with van der Waals surface area (Å²) in [5.41, 5.74) is 2.56. The molecule has 114 valence electrons. The molecule has 1 aliphatic rings. The van der Waals surface area contributed by atoms with Gasteiger partial charge in [-0.2, -0.15) is 0 Å². The molecule has 1 fully saturated rings. The van der Waals surface area contributed by atoms with Gasteiger partial charge in [-0.15, -0.1) is 0 Å². The fourth-order valence-corrected chi connectivity index (χ4v) is 2.32. The average Bonchev–Trinajstić information content (AvgIpc) is 2.39. The molecule has 0 bridgehead atoms. The molecule has 0 aromatic carbocycles.